The Bertz CT molecular complexity index is 808. The number of nitrogens with zero attached hydrogens (tertiary/aromatic N) is 4. The molecule has 1 aliphatic rings. The van der Waals surface area contributed by atoms with Crippen molar-refractivity contribution in [2.45, 2.75) is 13.8 Å². The van der Waals surface area contributed by atoms with Crippen molar-refractivity contribution in [3.05, 3.63) is 46.5 Å². The molecule has 0 saturated carbocycles. The normalized spacial score (nSPS) is 15.2. The predicted octanol–water partition coefficient (Wildman–Crippen LogP) is 3.10. The second kappa shape index (κ2) is 7.97. The van der Waals surface area contributed by atoms with Crippen molar-refractivity contribution in [3.8, 4) is 0 Å². The number of carbonyl (C=O) groups is 1. The lowest BCUT2D eigenvalue weighted by molar-refractivity contribution is 0.0637. The number of nitrogens with one attached hydrogen (secondary N) is 1. The van der Waals surface area contributed by atoms with Gasteiger partial charge in [0.15, 0.2) is 0 Å². The number of likely N-dealkylation sites (N-methyl/N-ethyl adjacent to an activating group) is 1. The largest absolute Gasteiger partial charge is 0.335 e. The Balaban J connectivity index is 1.76. The fourth-order valence-electron chi connectivity index (χ4n) is 2.87. The van der Waals surface area contributed by atoms with Crippen molar-refractivity contribution >= 4 is 29.1 Å². The van der Waals surface area contributed by atoms with Crippen LogP contribution >= 0.6 is 11.6 Å². The fraction of sp³-hybridized carbons (Fsp3) is 0.389. The smallest absolute Gasteiger partial charge is 0.272 e. The van der Waals surface area contributed by atoms with E-state index < -0.39 is 5.82 Å². The number of aromatic nitrogens is 2. The number of carbonyl (C=O) groups excluding carboxylic acids is 1. The molecule has 1 N–H and O–H groups in total. The predicted molar refractivity (Wildman–Crippen MR) is 99.5 cm³/mol. The van der Waals surface area contributed by atoms with Crippen molar-refractivity contribution in [1.29, 1.82) is 0 Å². The molecule has 6 nitrogen and oxygen atoms in total. The molecule has 2 aromatic rings. The van der Waals surface area contributed by atoms with Crippen LogP contribution in [0.1, 0.15) is 23.1 Å². The summed E-state index contributed by atoms with van der Waals surface area (Å²) in [5.41, 5.74) is 1.57. The van der Waals surface area contributed by atoms with Gasteiger partial charge in [-0.05, 0) is 37.7 Å². The SMILES string of the molecule is CCN1CCN(C(=O)c2cc(C)nc(Nc3ccc(F)c(Cl)c3)n2)CC1. The van der Waals surface area contributed by atoms with E-state index in [4.69, 9.17) is 11.6 Å². The fourth-order valence-corrected chi connectivity index (χ4v) is 3.05. The summed E-state index contributed by atoms with van der Waals surface area (Å²) in [4.78, 5) is 25.5. The van der Waals surface area contributed by atoms with Gasteiger partial charge in [-0.15, -0.1) is 0 Å². The van der Waals surface area contributed by atoms with Crippen LogP contribution in [0.5, 0.6) is 0 Å². The van der Waals surface area contributed by atoms with E-state index >= 15 is 0 Å². The molecule has 1 fully saturated rings. The Kier molecular flexibility index (Phi) is 5.68. The first-order chi connectivity index (χ1) is 12.5. The number of amides is 1. The molecule has 1 aromatic heterocycles. The van der Waals surface area contributed by atoms with Gasteiger partial charge in [0.25, 0.3) is 5.91 Å². The zero-order valence-electron chi connectivity index (χ0n) is 14.8. The van der Waals surface area contributed by atoms with Gasteiger partial charge in [0.1, 0.15) is 11.5 Å². The molecule has 1 aliphatic heterocycles. The molecule has 26 heavy (non-hydrogen) atoms. The monoisotopic (exact) mass is 377 g/mol. The van der Waals surface area contributed by atoms with E-state index in [0.717, 1.165) is 19.6 Å². The maximum absolute atomic E-state index is 13.3. The maximum Gasteiger partial charge on any atom is 0.272 e. The number of halogens is 2. The summed E-state index contributed by atoms with van der Waals surface area (Å²) in [6.45, 7) is 8.01. The number of hydrogen-bond donors (Lipinski definition) is 1. The van der Waals surface area contributed by atoms with Gasteiger partial charge >= 0.3 is 0 Å². The highest BCUT2D eigenvalue weighted by molar-refractivity contribution is 6.31. The van der Waals surface area contributed by atoms with Gasteiger partial charge in [0.2, 0.25) is 5.95 Å². The molecule has 1 aromatic carbocycles. The Morgan fingerprint density at radius 2 is 1.96 bits per heavy atom. The molecule has 138 valence electrons. The van der Waals surface area contributed by atoms with Crippen LogP contribution in [0.4, 0.5) is 16.0 Å². The second-order valence-electron chi connectivity index (χ2n) is 6.20. The van der Waals surface area contributed by atoms with Crippen molar-refractivity contribution in [2.24, 2.45) is 0 Å². The van der Waals surface area contributed by atoms with E-state index in [1.54, 1.807) is 19.1 Å². The molecule has 3 rings (SSSR count). The van der Waals surface area contributed by atoms with Crippen LogP contribution in [0, 0.1) is 12.7 Å². The first-order valence-corrected chi connectivity index (χ1v) is 8.93. The van der Waals surface area contributed by atoms with Crippen LogP contribution in [0.15, 0.2) is 24.3 Å². The first-order valence-electron chi connectivity index (χ1n) is 8.55. The molecule has 0 atom stereocenters. The highest BCUT2D eigenvalue weighted by Crippen LogP contribution is 2.22. The third-order valence-corrected chi connectivity index (χ3v) is 4.65. The van der Waals surface area contributed by atoms with Gasteiger partial charge in [-0.1, -0.05) is 18.5 Å². The van der Waals surface area contributed by atoms with Crippen LogP contribution in [0.3, 0.4) is 0 Å². The van der Waals surface area contributed by atoms with Crippen molar-refractivity contribution in [2.75, 3.05) is 38.0 Å². The minimum Gasteiger partial charge on any atom is -0.335 e. The number of anilines is 2. The van der Waals surface area contributed by atoms with Crippen LogP contribution in [-0.2, 0) is 0 Å². The van der Waals surface area contributed by atoms with E-state index in [1.165, 1.54) is 12.1 Å². The van der Waals surface area contributed by atoms with E-state index in [1.807, 2.05) is 4.90 Å². The van der Waals surface area contributed by atoms with Gasteiger partial charge in [-0.2, -0.15) is 0 Å². The summed E-state index contributed by atoms with van der Waals surface area (Å²) in [6, 6.07) is 5.93. The molecule has 2 heterocycles. The standard InChI is InChI=1S/C18H21ClFN5O/c1-3-24-6-8-25(9-7-24)17(26)16-10-12(2)21-18(23-16)22-13-4-5-15(20)14(19)11-13/h4-5,10-11H,3,6-9H2,1-2H3,(H,21,22,23). The Hall–Kier alpha value is -2.25. The zero-order chi connectivity index (χ0) is 18.7. The number of hydrogen-bond acceptors (Lipinski definition) is 5. The van der Waals surface area contributed by atoms with E-state index in [-0.39, 0.29) is 16.9 Å². The van der Waals surface area contributed by atoms with Gasteiger partial charge < -0.3 is 15.1 Å². The van der Waals surface area contributed by atoms with Crippen LogP contribution in [0.25, 0.3) is 0 Å². The minimum absolute atomic E-state index is 0.00717. The third kappa shape index (κ3) is 4.28. The molecule has 0 spiro atoms. The van der Waals surface area contributed by atoms with Crippen LogP contribution in [0.2, 0.25) is 5.02 Å². The van der Waals surface area contributed by atoms with Crippen LogP contribution in [-0.4, -0.2) is 58.4 Å². The quantitative estimate of drug-likeness (QED) is 0.887. The molecule has 1 saturated heterocycles. The Morgan fingerprint density at radius 3 is 2.62 bits per heavy atom. The average molecular weight is 378 g/mol. The number of benzene rings is 1. The van der Waals surface area contributed by atoms with E-state index in [9.17, 15) is 9.18 Å². The third-order valence-electron chi connectivity index (χ3n) is 4.36. The molecule has 1 amide bonds. The Morgan fingerprint density at radius 1 is 1.23 bits per heavy atom. The molecule has 8 heteroatoms. The second-order valence-corrected chi connectivity index (χ2v) is 6.61. The summed E-state index contributed by atoms with van der Waals surface area (Å²) >= 11 is 5.80. The van der Waals surface area contributed by atoms with Crippen molar-refractivity contribution < 1.29 is 9.18 Å². The average Bonchev–Trinajstić information content (AvgIpc) is 2.64. The summed E-state index contributed by atoms with van der Waals surface area (Å²) in [6.07, 6.45) is 0. The summed E-state index contributed by atoms with van der Waals surface area (Å²) in [7, 11) is 0. The minimum atomic E-state index is -0.496. The van der Waals surface area contributed by atoms with Gasteiger partial charge in [-0.3, -0.25) is 4.79 Å². The lowest BCUT2D eigenvalue weighted by Gasteiger charge is -2.33. The number of rotatable bonds is 4. The van der Waals surface area contributed by atoms with Gasteiger partial charge in [0.05, 0.1) is 5.02 Å². The highest BCUT2D eigenvalue weighted by atomic mass is 35.5. The van der Waals surface area contributed by atoms with E-state index in [0.29, 0.717) is 30.2 Å². The zero-order valence-corrected chi connectivity index (χ0v) is 15.6. The molecule has 0 radical (unpaired) electrons. The topological polar surface area (TPSA) is 61.4 Å². The molecule has 0 aliphatic carbocycles. The van der Waals surface area contributed by atoms with Crippen molar-refractivity contribution in [1.82, 2.24) is 19.8 Å². The summed E-state index contributed by atoms with van der Waals surface area (Å²) in [5, 5.41) is 2.98. The maximum atomic E-state index is 13.3. The lowest BCUT2D eigenvalue weighted by Crippen LogP contribution is -2.48. The van der Waals surface area contributed by atoms with Gasteiger partial charge in [-0.25, -0.2) is 14.4 Å². The molecular weight excluding hydrogens is 357 g/mol. The first kappa shape index (κ1) is 18.5. The van der Waals surface area contributed by atoms with Crippen LogP contribution < -0.4 is 5.32 Å². The molecule has 0 bridgehead atoms. The lowest BCUT2D eigenvalue weighted by atomic mass is 10.2. The molecule has 0 unspecified atom stereocenters. The molecular formula is C18H21ClFN5O. The van der Waals surface area contributed by atoms with E-state index in [2.05, 4.69) is 27.1 Å². The highest BCUT2D eigenvalue weighted by Gasteiger charge is 2.23. The summed E-state index contributed by atoms with van der Waals surface area (Å²) < 4.78 is 13.3. The Labute approximate surface area is 157 Å². The number of piperazine rings is 1. The summed E-state index contributed by atoms with van der Waals surface area (Å²) in [5.74, 6) is -0.320. The number of aryl methyl sites for hydroxylation is 1. The van der Waals surface area contributed by atoms with Gasteiger partial charge in [0, 0.05) is 37.6 Å². The van der Waals surface area contributed by atoms with Crippen molar-refractivity contribution in [3.63, 3.8) is 0 Å².